The molecule has 0 aliphatic carbocycles. The molecule has 0 bridgehead atoms. The van der Waals surface area contributed by atoms with Crippen LogP contribution in [0.25, 0.3) is 0 Å². The molecule has 0 aromatic heterocycles. The number of nitro groups is 1. The molecular formula is C14H17ClN2O3. The Morgan fingerprint density at radius 3 is 2.75 bits per heavy atom. The molecule has 1 aromatic rings. The number of hydrogen-bond donors (Lipinski definition) is 0. The van der Waals surface area contributed by atoms with Crippen molar-refractivity contribution in [3.05, 3.63) is 38.9 Å². The van der Waals surface area contributed by atoms with Crippen molar-refractivity contribution in [2.24, 2.45) is 11.8 Å². The van der Waals surface area contributed by atoms with Crippen LogP contribution in [-0.4, -0.2) is 28.8 Å². The Bertz CT molecular complexity index is 545. The summed E-state index contributed by atoms with van der Waals surface area (Å²) in [6, 6.07) is 4.21. The highest BCUT2D eigenvalue weighted by atomic mass is 35.5. The molecule has 108 valence electrons. The van der Waals surface area contributed by atoms with Gasteiger partial charge in [-0.3, -0.25) is 14.9 Å². The van der Waals surface area contributed by atoms with Gasteiger partial charge in [-0.2, -0.15) is 0 Å². The van der Waals surface area contributed by atoms with E-state index >= 15 is 0 Å². The molecule has 0 radical (unpaired) electrons. The van der Waals surface area contributed by atoms with Gasteiger partial charge in [-0.1, -0.05) is 25.4 Å². The maximum absolute atomic E-state index is 12.4. The first kappa shape index (κ1) is 14.8. The number of benzene rings is 1. The summed E-state index contributed by atoms with van der Waals surface area (Å²) in [6.07, 6.45) is 0.985. The molecule has 1 fully saturated rings. The monoisotopic (exact) mass is 296 g/mol. The van der Waals surface area contributed by atoms with E-state index in [-0.39, 0.29) is 16.6 Å². The molecule has 1 aromatic carbocycles. The summed E-state index contributed by atoms with van der Waals surface area (Å²) in [5, 5.41) is 10.9. The number of amides is 1. The van der Waals surface area contributed by atoms with Gasteiger partial charge < -0.3 is 4.90 Å². The van der Waals surface area contributed by atoms with Crippen LogP contribution in [0.3, 0.4) is 0 Å². The second-order valence-electron chi connectivity index (χ2n) is 5.47. The van der Waals surface area contributed by atoms with Gasteiger partial charge in [-0.05, 0) is 30.4 Å². The van der Waals surface area contributed by atoms with Gasteiger partial charge in [-0.15, -0.1) is 0 Å². The molecule has 1 amide bonds. The van der Waals surface area contributed by atoms with E-state index in [2.05, 4.69) is 13.8 Å². The fourth-order valence-corrected chi connectivity index (χ4v) is 2.67. The summed E-state index contributed by atoms with van der Waals surface area (Å²) < 4.78 is 0. The van der Waals surface area contributed by atoms with Gasteiger partial charge in [0.25, 0.3) is 11.6 Å². The predicted molar refractivity (Wildman–Crippen MR) is 77.0 cm³/mol. The lowest BCUT2D eigenvalue weighted by Crippen LogP contribution is -2.29. The molecule has 5 nitrogen and oxygen atoms in total. The van der Waals surface area contributed by atoms with Crippen molar-refractivity contribution in [1.29, 1.82) is 0 Å². The van der Waals surface area contributed by atoms with Crippen molar-refractivity contribution in [3.8, 4) is 0 Å². The molecule has 0 saturated carbocycles. The van der Waals surface area contributed by atoms with Gasteiger partial charge in [0.2, 0.25) is 0 Å². The summed E-state index contributed by atoms with van der Waals surface area (Å²) in [4.78, 5) is 24.4. The van der Waals surface area contributed by atoms with Crippen LogP contribution >= 0.6 is 11.6 Å². The summed E-state index contributed by atoms with van der Waals surface area (Å²) in [6.45, 7) is 5.71. The third-order valence-corrected chi connectivity index (χ3v) is 4.16. The summed E-state index contributed by atoms with van der Waals surface area (Å²) in [5.74, 6) is 0.876. The van der Waals surface area contributed by atoms with Crippen molar-refractivity contribution < 1.29 is 9.72 Å². The first-order valence-corrected chi connectivity index (χ1v) is 7.01. The number of hydrogen-bond acceptors (Lipinski definition) is 3. The lowest BCUT2D eigenvalue weighted by Gasteiger charge is -2.18. The van der Waals surface area contributed by atoms with Crippen molar-refractivity contribution in [2.45, 2.75) is 20.3 Å². The number of carbonyl (C=O) groups excluding carboxylic acids is 1. The van der Waals surface area contributed by atoms with E-state index in [1.807, 2.05) is 0 Å². The molecule has 1 aliphatic rings. The molecule has 2 rings (SSSR count). The van der Waals surface area contributed by atoms with E-state index in [1.165, 1.54) is 12.1 Å². The van der Waals surface area contributed by atoms with E-state index in [4.69, 9.17) is 11.6 Å². The maximum atomic E-state index is 12.4. The van der Waals surface area contributed by atoms with Crippen molar-refractivity contribution >= 4 is 23.2 Å². The lowest BCUT2D eigenvalue weighted by atomic mass is 9.95. The Balaban J connectivity index is 2.18. The van der Waals surface area contributed by atoms with Crippen LogP contribution in [0, 0.1) is 22.0 Å². The zero-order chi connectivity index (χ0) is 14.9. The van der Waals surface area contributed by atoms with Crippen molar-refractivity contribution in [1.82, 2.24) is 4.90 Å². The molecule has 1 unspecified atom stereocenters. The first-order chi connectivity index (χ1) is 9.40. The van der Waals surface area contributed by atoms with Gasteiger partial charge in [0.05, 0.1) is 4.92 Å². The minimum atomic E-state index is -0.569. The highest BCUT2D eigenvalue weighted by Gasteiger charge is 2.29. The van der Waals surface area contributed by atoms with E-state index < -0.39 is 4.92 Å². The Hall–Kier alpha value is -1.62. The van der Waals surface area contributed by atoms with Crippen LogP contribution in [0.1, 0.15) is 30.6 Å². The maximum Gasteiger partial charge on any atom is 0.288 e. The van der Waals surface area contributed by atoms with E-state index in [9.17, 15) is 14.9 Å². The number of halogens is 1. The van der Waals surface area contributed by atoms with E-state index in [0.29, 0.717) is 30.5 Å². The third kappa shape index (κ3) is 2.93. The zero-order valence-electron chi connectivity index (χ0n) is 11.5. The Morgan fingerprint density at radius 2 is 2.20 bits per heavy atom. The SMILES string of the molecule is CC(C)C1CCN(C(=O)c2ccc(Cl)c([N+](=O)[O-])c2)C1. The van der Waals surface area contributed by atoms with Gasteiger partial charge in [-0.25, -0.2) is 0 Å². The average Bonchev–Trinajstić information content (AvgIpc) is 2.87. The summed E-state index contributed by atoms with van der Waals surface area (Å²) in [7, 11) is 0. The van der Waals surface area contributed by atoms with Crippen LogP contribution in [0.4, 0.5) is 5.69 Å². The van der Waals surface area contributed by atoms with Gasteiger partial charge in [0, 0.05) is 24.7 Å². The highest BCUT2D eigenvalue weighted by Crippen LogP contribution is 2.28. The third-order valence-electron chi connectivity index (χ3n) is 3.84. The molecule has 6 heteroatoms. The number of carbonyl (C=O) groups is 1. The van der Waals surface area contributed by atoms with Gasteiger partial charge >= 0.3 is 0 Å². The van der Waals surface area contributed by atoms with Gasteiger partial charge in [0.15, 0.2) is 0 Å². The predicted octanol–water partition coefficient (Wildman–Crippen LogP) is 3.37. The molecule has 20 heavy (non-hydrogen) atoms. The Labute approximate surface area is 122 Å². The molecule has 1 aliphatic heterocycles. The number of nitrogens with zero attached hydrogens (tertiary/aromatic N) is 2. The second kappa shape index (κ2) is 5.79. The van der Waals surface area contributed by atoms with E-state index in [1.54, 1.807) is 11.0 Å². The Kier molecular flexibility index (Phi) is 4.28. The molecule has 0 spiro atoms. The minimum absolute atomic E-state index is 0.0491. The largest absolute Gasteiger partial charge is 0.338 e. The summed E-state index contributed by atoms with van der Waals surface area (Å²) >= 11 is 5.75. The molecule has 1 atom stereocenters. The second-order valence-corrected chi connectivity index (χ2v) is 5.87. The number of likely N-dealkylation sites (tertiary alicyclic amines) is 1. The zero-order valence-corrected chi connectivity index (χ0v) is 12.3. The van der Waals surface area contributed by atoms with E-state index in [0.717, 1.165) is 6.42 Å². The van der Waals surface area contributed by atoms with Crippen LogP contribution < -0.4 is 0 Å². The van der Waals surface area contributed by atoms with Crippen LogP contribution in [-0.2, 0) is 0 Å². The lowest BCUT2D eigenvalue weighted by molar-refractivity contribution is -0.384. The van der Waals surface area contributed by atoms with Crippen molar-refractivity contribution in [2.75, 3.05) is 13.1 Å². The fraction of sp³-hybridized carbons (Fsp3) is 0.500. The molecule has 1 saturated heterocycles. The standard InChI is InChI=1S/C14H17ClN2O3/c1-9(2)11-5-6-16(8-11)14(18)10-3-4-12(15)13(7-10)17(19)20/h3-4,7,9,11H,5-6,8H2,1-2H3. The molecule has 1 heterocycles. The van der Waals surface area contributed by atoms with Crippen molar-refractivity contribution in [3.63, 3.8) is 0 Å². The van der Waals surface area contributed by atoms with Gasteiger partial charge in [0.1, 0.15) is 5.02 Å². The fourth-order valence-electron chi connectivity index (χ4n) is 2.48. The molecule has 0 N–H and O–H groups in total. The topological polar surface area (TPSA) is 63.5 Å². The Morgan fingerprint density at radius 1 is 1.50 bits per heavy atom. The smallest absolute Gasteiger partial charge is 0.288 e. The average molecular weight is 297 g/mol. The highest BCUT2D eigenvalue weighted by molar-refractivity contribution is 6.32. The molecular weight excluding hydrogens is 280 g/mol. The first-order valence-electron chi connectivity index (χ1n) is 6.63. The van der Waals surface area contributed by atoms with Crippen LogP contribution in [0.2, 0.25) is 5.02 Å². The summed E-state index contributed by atoms with van der Waals surface area (Å²) in [5.41, 5.74) is 0.0997. The number of rotatable bonds is 3. The van der Waals surface area contributed by atoms with Crippen LogP contribution in [0.15, 0.2) is 18.2 Å². The normalized spacial score (nSPS) is 18.6. The van der Waals surface area contributed by atoms with Crippen LogP contribution in [0.5, 0.6) is 0 Å². The number of nitro benzene ring substituents is 1. The quantitative estimate of drug-likeness (QED) is 0.634. The minimum Gasteiger partial charge on any atom is -0.338 e.